The zero-order chi connectivity index (χ0) is 13.0. The standard InChI is InChI=1S/C14H19NO3/c1-2-18-13(16)14(17)8-9-15(11-14)10-12-6-4-3-5-7-12/h3-7,17H,2,8-11H2,1H3/t14-/m1/s1. The van der Waals surface area contributed by atoms with Gasteiger partial charge in [-0.1, -0.05) is 30.3 Å². The fraction of sp³-hybridized carbons (Fsp3) is 0.500. The van der Waals surface area contributed by atoms with Crippen molar-refractivity contribution in [3.63, 3.8) is 0 Å². The predicted molar refractivity (Wildman–Crippen MR) is 67.9 cm³/mol. The van der Waals surface area contributed by atoms with Gasteiger partial charge in [-0.3, -0.25) is 4.90 Å². The predicted octanol–water partition coefficient (Wildman–Crippen LogP) is 1.19. The molecule has 18 heavy (non-hydrogen) atoms. The molecular formula is C14H19NO3. The van der Waals surface area contributed by atoms with Crippen molar-refractivity contribution in [3.05, 3.63) is 35.9 Å². The largest absolute Gasteiger partial charge is 0.464 e. The number of ether oxygens (including phenoxy) is 1. The zero-order valence-corrected chi connectivity index (χ0v) is 10.6. The van der Waals surface area contributed by atoms with Crippen molar-refractivity contribution in [2.45, 2.75) is 25.5 Å². The summed E-state index contributed by atoms with van der Waals surface area (Å²) in [5.74, 6) is -0.499. The third kappa shape index (κ3) is 2.89. The quantitative estimate of drug-likeness (QED) is 0.814. The van der Waals surface area contributed by atoms with Crippen molar-refractivity contribution in [3.8, 4) is 0 Å². The molecule has 0 unspecified atom stereocenters. The molecule has 1 heterocycles. The Kier molecular flexibility index (Phi) is 3.99. The van der Waals surface area contributed by atoms with E-state index >= 15 is 0 Å². The molecule has 0 saturated carbocycles. The van der Waals surface area contributed by atoms with E-state index in [0.717, 1.165) is 6.54 Å². The Hall–Kier alpha value is -1.39. The van der Waals surface area contributed by atoms with Crippen molar-refractivity contribution < 1.29 is 14.6 Å². The monoisotopic (exact) mass is 249 g/mol. The molecule has 1 N–H and O–H groups in total. The lowest BCUT2D eigenvalue weighted by molar-refractivity contribution is -0.163. The average molecular weight is 249 g/mol. The third-order valence-electron chi connectivity index (χ3n) is 3.23. The molecule has 1 aromatic carbocycles. The molecule has 1 fully saturated rings. The number of hydrogen-bond donors (Lipinski definition) is 1. The molecule has 4 heteroatoms. The smallest absolute Gasteiger partial charge is 0.339 e. The van der Waals surface area contributed by atoms with Crippen LogP contribution in [0.5, 0.6) is 0 Å². The summed E-state index contributed by atoms with van der Waals surface area (Å²) in [5, 5.41) is 10.2. The second kappa shape index (κ2) is 5.50. The second-order valence-corrected chi connectivity index (χ2v) is 4.70. The molecule has 1 aliphatic rings. The van der Waals surface area contributed by atoms with Gasteiger partial charge in [0.25, 0.3) is 0 Å². The number of carbonyl (C=O) groups is 1. The lowest BCUT2D eigenvalue weighted by Gasteiger charge is -2.21. The van der Waals surface area contributed by atoms with Gasteiger partial charge in [0.2, 0.25) is 0 Å². The van der Waals surface area contributed by atoms with Crippen LogP contribution in [-0.2, 0) is 16.1 Å². The number of hydrogen-bond acceptors (Lipinski definition) is 4. The number of rotatable bonds is 4. The zero-order valence-electron chi connectivity index (χ0n) is 10.6. The number of nitrogens with zero attached hydrogens (tertiary/aromatic N) is 1. The lowest BCUT2D eigenvalue weighted by atomic mass is 10.0. The van der Waals surface area contributed by atoms with Crippen LogP contribution in [0, 0.1) is 0 Å². The maximum Gasteiger partial charge on any atom is 0.339 e. The second-order valence-electron chi connectivity index (χ2n) is 4.70. The minimum absolute atomic E-state index is 0.305. The van der Waals surface area contributed by atoms with E-state index in [2.05, 4.69) is 4.90 Å². The van der Waals surface area contributed by atoms with E-state index in [-0.39, 0.29) is 0 Å². The average Bonchev–Trinajstić information content (AvgIpc) is 2.74. The molecule has 1 aliphatic heterocycles. The highest BCUT2D eigenvalue weighted by Crippen LogP contribution is 2.24. The van der Waals surface area contributed by atoms with Gasteiger partial charge in [0.05, 0.1) is 6.61 Å². The van der Waals surface area contributed by atoms with Gasteiger partial charge in [0.15, 0.2) is 5.60 Å². The van der Waals surface area contributed by atoms with Gasteiger partial charge in [-0.05, 0) is 12.5 Å². The molecule has 4 nitrogen and oxygen atoms in total. The highest BCUT2D eigenvalue weighted by atomic mass is 16.5. The van der Waals surface area contributed by atoms with Gasteiger partial charge in [-0.25, -0.2) is 4.79 Å². The number of likely N-dealkylation sites (tertiary alicyclic amines) is 1. The van der Waals surface area contributed by atoms with Crippen LogP contribution in [0.2, 0.25) is 0 Å². The molecule has 98 valence electrons. The normalized spacial score (nSPS) is 24.1. The minimum atomic E-state index is -1.33. The molecule has 0 amide bonds. The summed E-state index contributed by atoms with van der Waals surface area (Å²) in [4.78, 5) is 13.7. The molecule has 1 aromatic rings. The molecule has 2 rings (SSSR count). The topological polar surface area (TPSA) is 49.8 Å². The molecule has 0 radical (unpaired) electrons. The molecule has 1 atom stereocenters. The minimum Gasteiger partial charge on any atom is -0.464 e. The maximum absolute atomic E-state index is 11.7. The first-order chi connectivity index (χ1) is 8.64. The van der Waals surface area contributed by atoms with Crippen LogP contribution in [0.25, 0.3) is 0 Å². The van der Waals surface area contributed by atoms with Crippen LogP contribution in [0.4, 0.5) is 0 Å². The van der Waals surface area contributed by atoms with E-state index in [1.807, 2.05) is 30.3 Å². The van der Waals surface area contributed by atoms with E-state index in [4.69, 9.17) is 4.74 Å². The summed E-state index contributed by atoms with van der Waals surface area (Å²) in [7, 11) is 0. The van der Waals surface area contributed by atoms with Gasteiger partial charge in [-0.15, -0.1) is 0 Å². The number of esters is 1. The van der Waals surface area contributed by atoms with E-state index in [1.165, 1.54) is 5.56 Å². The molecule has 0 bridgehead atoms. The Labute approximate surface area is 107 Å². The Bertz CT molecular complexity index is 407. The Morgan fingerprint density at radius 2 is 2.17 bits per heavy atom. The first-order valence-corrected chi connectivity index (χ1v) is 6.30. The van der Waals surface area contributed by atoms with Crippen LogP contribution in [0.15, 0.2) is 30.3 Å². The SMILES string of the molecule is CCOC(=O)[C@@]1(O)CCN(Cc2ccccc2)C1. The first-order valence-electron chi connectivity index (χ1n) is 6.30. The maximum atomic E-state index is 11.7. The van der Waals surface area contributed by atoms with E-state index < -0.39 is 11.6 Å². The third-order valence-corrected chi connectivity index (χ3v) is 3.23. The first kappa shape index (κ1) is 13.1. The molecular weight excluding hydrogens is 230 g/mol. The van der Waals surface area contributed by atoms with Crippen LogP contribution >= 0.6 is 0 Å². The fourth-order valence-electron chi connectivity index (χ4n) is 2.28. The van der Waals surface area contributed by atoms with Gasteiger partial charge < -0.3 is 9.84 Å². The summed E-state index contributed by atoms with van der Waals surface area (Å²) in [6, 6.07) is 10.0. The number of β-amino-alcohol motifs (C(OH)–C–C–N with tert-alkyl or cyclic N) is 1. The van der Waals surface area contributed by atoms with E-state index in [9.17, 15) is 9.90 Å². The Balaban J connectivity index is 1.94. The molecule has 0 aliphatic carbocycles. The number of carbonyl (C=O) groups excluding carboxylic acids is 1. The van der Waals surface area contributed by atoms with Crippen LogP contribution < -0.4 is 0 Å². The van der Waals surface area contributed by atoms with Crippen LogP contribution in [-0.4, -0.2) is 41.3 Å². The van der Waals surface area contributed by atoms with Crippen molar-refractivity contribution in [1.82, 2.24) is 4.90 Å². The highest BCUT2D eigenvalue weighted by molar-refractivity contribution is 5.80. The van der Waals surface area contributed by atoms with Crippen molar-refractivity contribution in [2.75, 3.05) is 19.7 Å². The molecule has 0 spiro atoms. The summed E-state index contributed by atoms with van der Waals surface area (Å²) >= 11 is 0. The van der Waals surface area contributed by atoms with Gasteiger partial charge in [-0.2, -0.15) is 0 Å². The number of benzene rings is 1. The summed E-state index contributed by atoms with van der Waals surface area (Å²) in [6.45, 7) is 3.87. The summed E-state index contributed by atoms with van der Waals surface area (Å²) in [6.07, 6.45) is 0.443. The van der Waals surface area contributed by atoms with Crippen molar-refractivity contribution in [1.29, 1.82) is 0 Å². The molecule has 1 saturated heterocycles. The number of aliphatic hydroxyl groups is 1. The van der Waals surface area contributed by atoms with Crippen molar-refractivity contribution >= 4 is 5.97 Å². The highest BCUT2D eigenvalue weighted by Gasteiger charge is 2.43. The van der Waals surface area contributed by atoms with Crippen LogP contribution in [0.1, 0.15) is 18.9 Å². The summed E-state index contributed by atoms with van der Waals surface area (Å²) in [5.41, 5.74) is -0.143. The lowest BCUT2D eigenvalue weighted by Crippen LogP contribution is -2.42. The van der Waals surface area contributed by atoms with Gasteiger partial charge in [0, 0.05) is 26.1 Å². The van der Waals surface area contributed by atoms with Gasteiger partial charge >= 0.3 is 5.97 Å². The van der Waals surface area contributed by atoms with Gasteiger partial charge in [0.1, 0.15) is 0 Å². The van der Waals surface area contributed by atoms with E-state index in [1.54, 1.807) is 6.92 Å². The fourth-order valence-corrected chi connectivity index (χ4v) is 2.28. The van der Waals surface area contributed by atoms with Crippen LogP contribution in [0.3, 0.4) is 0 Å². The van der Waals surface area contributed by atoms with E-state index in [0.29, 0.717) is 26.1 Å². The Morgan fingerprint density at radius 1 is 1.44 bits per heavy atom. The Morgan fingerprint density at radius 3 is 2.83 bits per heavy atom. The summed E-state index contributed by atoms with van der Waals surface area (Å²) < 4.78 is 4.91. The molecule has 0 aromatic heterocycles. The van der Waals surface area contributed by atoms with Crippen molar-refractivity contribution in [2.24, 2.45) is 0 Å².